The topological polar surface area (TPSA) is 65.6 Å². The van der Waals surface area contributed by atoms with Crippen LogP contribution in [0.2, 0.25) is 0 Å². The Hall–Kier alpha value is -2.69. The Morgan fingerprint density at radius 2 is 2.05 bits per heavy atom. The number of hydrogen-bond donors (Lipinski definition) is 2. The van der Waals surface area contributed by atoms with Gasteiger partial charge in [0.25, 0.3) is 0 Å². The first-order chi connectivity index (χ1) is 10.3. The minimum Gasteiger partial charge on any atom is -0.411 e. The Morgan fingerprint density at radius 3 is 2.81 bits per heavy atom. The highest BCUT2D eigenvalue weighted by Gasteiger charge is 2.07. The van der Waals surface area contributed by atoms with E-state index in [2.05, 4.69) is 10.5 Å². The van der Waals surface area contributed by atoms with Gasteiger partial charge in [-0.05, 0) is 11.6 Å². The van der Waals surface area contributed by atoms with Crippen molar-refractivity contribution in [3.05, 3.63) is 66.0 Å². The highest BCUT2D eigenvalue weighted by atomic mass is 16.4. The van der Waals surface area contributed by atoms with Gasteiger partial charge in [-0.3, -0.25) is 4.79 Å². The third-order valence-electron chi connectivity index (χ3n) is 3.02. The van der Waals surface area contributed by atoms with Crippen LogP contribution in [-0.4, -0.2) is 17.3 Å². The van der Waals surface area contributed by atoms with E-state index in [0.717, 1.165) is 11.1 Å². The van der Waals surface area contributed by atoms with Crippen LogP contribution in [-0.2, 0) is 17.9 Å². The van der Waals surface area contributed by atoms with Gasteiger partial charge in [-0.2, -0.15) is 0 Å². The number of rotatable bonds is 6. The van der Waals surface area contributed by atoms with Gasteiger partial charge >= 0.3 is 0 Å². The summed E-state index contributed by atoms with van der Waals surface area (Å²) in [5.74, 6) is 0.00702. The molecule has 108 valence electrons. The van der Waals surface area contributed by atoms with Crippen molar-refractivity contribution in [2.45, 2.75) is 19.5 Å². The van der Waals surface area contributed by atoms with Crippen molar-refractivity contribution in [1.29, 1.82) is 0 Å². The van der Waals surface area contributed by atoms with Crippen molar-refractivity contribution in [3.63, 3.8) is 0 Å². The molecule has 0 radical (unpaired) electrons. The number of carbonyl (C=O) groups is 1. The third kappa shape index (κ3) is 5.06. The molecule has 1 amide bonds. The monoisotopic (exact) mass is 284 g/mol. The predicted molar refractivity (Wildman–Crippen MR) is 78.9 cm³/mol. The summed E-state index contributed by atoms with van der Waals surface area (Å²) in [7, 11) is 0. The second-order valence-electron chi connectivity index (χ2n) is 4.63. The van der Waals surface area contributed by atoms with Crippen molar-refractivity contribution >= 4 is 12.1 Å². The summed E-state index contributed by atoms with van der Waals surface area (Å²) in [5, 5.41) is 14.4. The quantitative estimate of drug-likeness (QED) is 0.365. The van der Waals surface area contributed by atoms with Crippen LogP contribution in [0.4, 0.5) is 0 Å². The van der Waals surface area contributed by atoms with E-state index in [0.29, 0.717) is 19.5 Å². The van der Waals surface area contributed by atoms with E-state index in [4.69, 9.17) is 5.21 Å². The number of oxime groups is 1. The number of aryl methyl sites for hydroxylation is 1. The van der Waals surface area contributed by atoms with Crippen LogP contribution >= 0.6 is 0 Å². The highest BCUT2D eigenvalue weighted by Crippen LogP contribution is 1.97. The van der Waals surface area contributed by atoms with E-state index >= 15 is 0 Å². The lowest BCUT2D eigenvalue weighted by Gasteiger charge is -2.04. The first-order valence-electron chi connectivity index (χ1n) is 6.75. The van der Waals surface area contributed by atoms with Crippen molar-refractivity contribution in [2.75, 3.05) is 0 Å². The third-order valence-corrected chi connectivity index (χ3v) is 3.02. The van der Waals surface area contributed by atoms with E-state index in [9.17, 15) is 4.79 Å². The van der Waals surface area contributed by atoms with Gasteiger partial charge in [-0.15, -0.1) is 0 Å². The Balaban J connectivity index is 1.80. The molecule has 0 atom stereocenters. The van der Waals surface area contributed by atoms with Crippen LogP contribution in [0, 0.1) is 0 Å². The molecule has 0 aliphatic heterocycles. The second kappa shape index (κ2) is 7.79. The number of carbonyl (C=O) groups excluding carboxylic acids is 1. The molecular formula is C16H18N3O2+. The normalized spacial score (nSPS) is 10.7. The number of aromatic nitrogens is 1. The van der Waals surface area contributed by atoms with Gasteiger partial charge < -0.3 is 10.5 Å². The van der Waals surface area contributed by atoms with Gasteiger partial charge in [0.05, 0.1) is 18.2 Å². The summed E-state index contributed by atoms with van der Waals surface area (Å²) in [4.78, 5) is 11.8. The summed E-state index contributed by atoms with van der Waals surface area (Å²) >= 11 is 0. The summed E-state index contributed by atoms with van der Waals surface area (Å²) < 4.78 is 1.89. The molecule has 2 aromatic rings. The van der Waals surface area contributed by atoms with Gasteiger partial charge in [0.1, 0.15) is 0 Å². The van der Waals surface area contributed by atoms with Crippen LogP contribution in [0.3, 0.4) is 0 Å². The lowest BCUT2D eigenvalue weighted by Crippen LogP contribution is -2.36. The number of pyridine rings is 1. The lowest BCUT2D eigenvalue weighted by molar-refractivity contribution is -0.695. The fraction of sp³-hybridized carbons (Fsp3) is 0.188. The van der Waals surface area contributed by atoms with Crippen LogP contribution in [0.1, 0.15) is 17.5 Å². The van der Waals surface area contributed by atoms with E-state index < -0.39 is 0 Å². The SMILES string of the molecule is O=C(CC[n+]1cccc(/C=N\O)c1)NCc1ccccc1. The fourth-order valence-electron chi connectivity index (χ4n) is 1.94. The maximum Gasteiger partial charge on any atom is 0.226 e. The minimum atomic E-state index is 0.00702. The zero-order chi connectivity index (χ0) is 14.9. The second-order valence-corrected chi connectivity index (χ2v) is 4.63. The molecule has 0 aliphatic rings. The molecule has 1 heterocycles. The molecular weight excluding hydrogens is 266 g/mol. The van der Waals surface area contributed by atoms with E-state index in [1.807, 2.05) is 59.4 Å². The zero-order valence-corrected chi connectivity index (χ0v) is 11.6. The molecule has 21 heavy (non-hydrogen) atoms. The Kier molecular flexibility index (Phi) is 5.46. The first kappa shape index (κ1) is 14.7. The molecule has 0 fully saturated rings. The van der Waals surface area contributed by atoms with E-state index in [1.54, 1.807) is 0 Å². The van der Waals surface area contributed by atoms with Crippen molar-refractivity contribution in [1.82, 2.24) is 5.32 Å². The summed E-state index contributed by atoms with van der Waals surface area (Å²) in [6, 6.07) is 13.5. The Labute approximate surface area is 123 Å². The standard InChI is InChI=1S/C16H17N3O2/c20-16(17-11-14-5-2-1-3-6-14)8-10-19-9-4-7-15(13-19)12-18-21/h1-7,9,12-13H,8,10-11H2,(H-,17,20,21)/p+1/b18-12-. The van der Waals surface area contributed by atoms with E-state index in [-0.39, 0.29) is 5.91 Å². The number of nitrogens with zero attached hydrogens (tertiary/aromatic N) is 2. The maximum absolute atomic E-state index is 11.8. The average Bonchev–Trinajstić information content (AvgIpc) is 2.53. The molecule has 0 unspecified atom stereocenters. The smallest absolute Gasteiger partial charge is 0.226 e. The molecule has 0 spiro atoms. The summed E-state index contributed by atoms with van der Waals surface area (Å²) in [6.07, 6.45) is 5.45. The van der Waals surface area contributed by atoms with Crippen LogP contribution in [0.15, 0.2) is 60.0 Å². The van der Waals surface area contributed by atoms with E-state index in [1.165, 1.54) is 6.21 Å². The van der Waals surface area contributed by atoms with Crippen LogP contribution in [0.5, 0.6) is 0 Å². The number of nitrogens with one attached hydrogen (secondary N) is 1. The number of hydrogen-bond acceptors (Lipinski definition) is 3. The molecule has 0 bridgehead atoms. The zero-order valence-electron chi connectivity index (χ0n) is 11.6. The summed E-state index contributed by atoms with van der Waals surface area (Å²) in [5.41, 5.74) is 1.87. The molecule has 2 N–H and O–H groups in total. The molecule has 1 aromatic heterocycles. The van der Waals surface area contributed by atoms with Crippen molar-refractivity contribution in [2.24, 2.45) is 5.16 Å². The van der Waals surface area contributed by atoms with Gasteiger partial charge in [0.2, 0.25) is 5.91 Å². The van der Waals surface area contributed by atoms with Crippen LogP contribution < -0.4 is 9.88 Å². The fourth-order valence-corrected chi connectivity index (χ4v) is 1.94. The Bertz CT molecular complexity index is 612. The molecule has 0 saturated carbocycles. The molecule has 2 rings (SSSR count). The molecule has 1 aromatic carbocycles. The lowest BCUT2D eigenvalue weighted by atomic mass is 10.2. The molecule has 5 heteroatoms. The predicted octanol–water partition coefficient (Wildman–Crippen LogP) is 1.49. The minimum absolute atomic E-state index is 0.00702. The van der Waals surface area contributed by atoms with Crippen molar-refractivity contribution in [3.8, 4) is 0 Å². The number of benzene rings is 1. The van der Waals surface area contributed by atoms with Crippen LogP contribution in [0.25, 0.3) is 0 Å². The first-order valence-corrected chi connectivity index (χ1v) is 6.75. The number of amides is 1. The Morgan fingerprint density at radius 1 is 1.24 bits per heavy atom. The molecule has 0 aliphatic carbocycles. The molecule has 0 saturated heterocycles. The van der Waals surface area contributed by atoms with Gasteiger partial charge in [-0.25, -0.2) is 4.57 Å². The van der Waals surface area contributed by atoms with Crippen molar-refractivity contribution < 1.29 is 14.6 Å². The summed E-state index contributed by atoms with van der Waals surface area (Å²) in [6.45, 7) is 1.12. The van der Waals surface area contributed by atoms with Gasteiger partial charge in [-0.1, -0.05) is 35.5 Å². The largest absolute Gasteiger partial charge is 0.411 e. The molecule has 5 nitrogen and oxygen atoms in total. The van der Waals surface area contributed by atoms with Gasteiger partial charge in [0.15, 0.2) is 18.9 Å². The highest BCUT2D eigenvalue weighted by molar-refractivity contribution is 5.78. The maximum atomic E-state index is 11.8. The van der Waals surface area contributed by atoms with Gasteiger partial charge in [0, 0.05) is 12.6 Å². The average molecular weight is 284 g/mol.